The second-order valence-corrected chi connectivity index (χ2v) is 5.63. The first kappa shape index (κ1) is 17.9. The number of carbonyl (C=O) groups excluding carboxylic acids is 2. The van der Waals surface area contributed by atoms with Crippen LogP contribution in [0.2, 0.25) is 0 Å². The number of methoxy groups -OCH3 is 1. The van der Waals surface area contributed by atoms with Gasteiger partial charge in [-0.25, -0.2) is 0 Å². The van der Waals surface area contributed by atoms with Gasteiger partial charge < -0.3 is 15.4 Å². The van der Waals surface area contributed by atoms with Crippen LogP contribution >= 0.6 is 0 Å². The van der Waals surface area contributed by atoms with Crippen LogP contribution in [-0.2, 0) is 14.3 Å². The molecule has 5 nitrogen and oxygen atoms in total. The lowest BCUT2D eigenvalue weighted by atomic mass is 9.93. The van der Waals surface area contributed by atoms with Crippen molar-refractivity contribution in [2.75, 3.05) is 27.2 Å². The Balaban J connectivity index is 4.28. The van der Waals surface area contributed by atoms with Crippen LogP contribution < -0.4 is 5.73 Å². The van der Waals surface area contributed by atoms with Crippen LogP contribution in [0.4, 0.5) is 0 Å². The van der Waals surface area contributed by atoms with E-state index in [9.17, 15) is 9.59 Å². The molecule has 0 rings (SSSR count). The van der Waals surface area contributed by atoms with E-state index in [0.29, 0.717) is 25.4 Å². The van der Waals surface area contributed by atoms with Gasteiger partial charge in [0.2, 0.25) is 5.91 Å². The van der Waals surface area contributed by atoms with Gasteiger partial charge in [-0.1, -0.05) is 20.8 Å². The monoisotopic (exact) mass is 272 g/mol. The molecule has 0 heterocycles. The largest absolute Gasteiger partial charge is 0.469 e. The zero-order chi connectivity index (χ0) is 15.0. The maximum absolute atomic E-state index is 12.1. The summed E-state index contributed by atoms with van der Waals surface area (Å²) in [5.41, 5.74) is 5.70. The van der Waals surface area contributed by atoms with E-state index in [-0.39, 0.29) is 23.7 Å². The van der Waals surface area contributed by atoms with E-state index in [1.807, 2.05) is 0 Å². The molecule has 2 N–H and O–H groups in total. The van der Waals surface area contributed by atoms with Crippen molar-refractivity contribution in [3.05, 3.63) is 0 Å². The number of rotatable bonds is 8. The lowest BCUT2D eigenvalue weighted by Crippen LogP contribution is -2.36. The van der Waals surface area contributed by atoms with Crippen LogP contribution in [0, 0.1) is 17.8 Å². The summed E-state index contributed by atoms with van der Waals surface area (Å²) >= 11 is 0. The van der Waals surface area contributed by atoms with E-state index in [1.54, 1.807) is 18.9 Å². The van der Waals surface area contributed by atoms with Crippen molar-refractivity contribution >= 4 is 11.9 Å². The Morgan fingerprint density at radius 1 is 1.26 bits per heavy atom. The van der Waals surface area contributed by atoms with E-state index in [1.165, 1.54) is 7.11 Å². The van der Waals surface area contributed by atoms with Gasteiger partial charge in [0.05, 0.1) is 13.0 Å². The molecule has 112 valence electrons. The summed E-state index contributed by atoms with van der Waals surface area (Å²) < 4.78 is 4.65. The third kappa shape index (κ3) is 7.15. The van der Waals surface area contributed by atoms with Crippen molar-refractivity contribution in [2.24, 2.45) is 23.5 Å². The molecule has 2 unspecified atom stereocenters. The lowest BCUT2D eigenvalue weighted by Gasteiger charge is -2.23. The first-order valence-corrected chi connectivity index (χ1v) is 6.83. The number of amides is 1. The highest BCUT2D eigenvalue weighted by Crippen LogP contribution is 2.15. The Morgan fingerprint density at radius 2 is 1.84 bits per heavy atom. The normalized spacial score (nSPS) is 14.1. The summed E-state index contributed by atoms with van der Waals surface area (Å²) in [5.74, 6) is 0.175. The zero-order valence-electron chi connectivity index (χ0n) is 12.8. The van der Waals surface area contributed by atoms with Gasteiger partial charge in [-0.05, 0) is 24.8 Å². The maximum Gasteiger partial charge on any atom is 0.310 e. The van der Waals surface area contributed by atoms with Crippen LogP contribution in [0.1, 0.15) is 33.6 Å². The third-order valence-corrected chi connectivity index (χ3v) is 3.18. The van der Waals surface area contributed by atoms with Crippen molar-refractivity contribution in [1.82, 2.24) is 4.90 Å². The molecule has 0 radical (unpaired) electrons. The predicted octanol–water partition coefficient (Wildman–Crippen LogP) is 1.26. The molecule has 0 bridgehead atoms. The number of esters is 1. The molecule has 0 aliphatic carbocycles. The summed E-state index contributed by atoms with van der Waals surface area (Å²) in [6.45, 7) is 6.89. The Morgan fingerprint density at radius 3 is 2.26 bits per heavy atom. The maximum atomic E-state index is 12.1. The minimum Gasteiger partial charge on any atom is -0.469 e. The molecule has 0 aliphatic rings. The molecule has 5 heteroatoms. The Bertz CT molecular complexity index is 292. The standard InChI is InChI=1S/C14H28N2O3/c1-10(2)6-12(8-15)7-13(17)16(4)9-11(3)14(18)19-5/h10-12H,6-9,15H2,1-5H3. The van der Waals surface area contributed by atoms with Gasteiger partial charge in [0.1, 0.15) is 0 Å². The van der Waals surface area contributed by atoms with Gasteiger partial charge in [0, 0.05) is 20.0 Å². The summed E-state index contributed by atoms with van der Waals surface area (Å²) in [7, 11) is 3.07. The van der Waals surface area contributed by atoms with Crippen LogP contribution in [0.3, 0.4) is 0 Å². The highest BCUT2D eigenvalue weighted by molar-refractivity contribution is 5.77. The minimum atomic E-state index is -0.305. The molecule has 0 saturated carbocycles. The SMILES string of the molecule is COC(=O)C(C)CN(C)C(=O)CC(CN)CC(C)C. The summed E-state index contributed by atoms with van der Waals surface area (Å²) in [6.07, 6.45) is 1.39. The quantitative estimate of drug-likeness (QED) is 0.675. The van der Waals surface area contributed by atoms with Gasteiger partial charge in [-0.15, -0.1) is 0 Å². The summed E-state index contributed by atoms with van der Waals surface area (Å²) in [5, 5.41) is 0. The van der Waals surface area contributed by atoms with Crippen molar-refractivity contribution in [2.45, 2.75) is 33.6 Å². The number of nitrogens with two attached hydrogens (primary N) is 1. The van der Waals surface area contributed by atoms with Gasteiger partial charge in [0.15, 0.2) is 0 Å². The predicted molar refractivity (Wildman–Crippen MR) is 75.4 cm³/mol. The van der Waals surface area contributed by atoms with E-state index in [0.717, 1.165) is 6.42 Å². The highest BCUT2D eigenvalue weighted by atomic mass is 16.5. The van der Waals surface area contributed by atoms with Crippen molar-refractivity contribution in [1.29, 1.82) is 0 Å². The average molecular weight is 272 g/mol. The fourth-order valence-electron chi connectivity index (χ4n) is 2.12. The van der Waals surface area contributed by atoms with Gasteiger partial charge >= 0.3 is 5.97 Å². The number of hydrogen-bond acceptors (Lipinski definition) is 4. The van der Waals surface area contributed by atoms with Gasteiger partial charge in [0.25, 0.3) is 0 Å². The molecule has 0 aromatic rings. The Kier molecular flexibility index (Phi) is 8.39. The second-order valence-electron chi connectivity index (χ2n) is 5.63. The summed E-state index contributed by atoms with van der Waals surface area (Å²) in [6, 6.07) is 0. The fraction of sp³-hybridized carbons (Fsp3) is 0.857. The molecular weight excluding hydrogens is 244 g/mol. The average Bonchev–Trinajstić information content (AvgIpc) is 2.35. The van der Waals surface area contributed by atoms with Gasteiger partial charge in [-0.3, -0.25) is 9.59 Å². The van der Waals surface area contributed by atoms with Crippen LogP contribution in [0.25, 0.3) is 0 Å². The molecule has 0 spiro atoms. The van der Waals surface area contributed by atoms with E-state index < -0.39 is 0 Å². The summed E-state index contributed by atoms with van der Waals surface area (Å²) in [4.78, 5) is 25.0. The molecule has 1 amide bonds. The molecule has 2 atom stereocenters. The Hall–Kier alpha value is -1.10. The van der Waals surface area contributed by atoms with E-state index in [2.05, 4.69) is 18.6 Å². The minimum absolute atomic E-state index is 0.0341. The molecule has 0 saturated heterocycles. The molecule has 0 aliphatic heterocycles. The third-order valence-electron chi connectivity index (χ3n) is 3.18. The Labute approximate surface area is 116 Å². The second kappa shape index (κ2) is 8.91. The molecule has 19 heavy (non-hydrogen) atoms. The molecule has 0 fully saturated rings. The molecule has 0 aromatic heterocycles. The first-order chi connectivity index (χ1) is 8.81. The topological polar surface area (TPSA) is 72.6 Å². The van der Waals surface area contributed by atoms with Gasteiger partial charge in [-0.2, -0.15) is 0 Å². The lowest BCUT2D eigenvalue weighted by molar-refractivity contribution is -0.146. The zero-order valence-corrected chi connectivity index (χ0v) is 12.8. The van der Waals surface area contributed by atoms with E-state index in [4.69, 9.17) is 5.73 Å². The molecular formula is C14H28N2O3. The number of hydrogen-bond donors (Lipinski definition) is 1. The van der Waals surface area contributed by atoms with Crippen LogP contribution in [0.15, 0.2) is 0 Å². The van der Waals surface area contributed by atoms with Crippen molar-refractivity contribution in [3.8, 4) is 0 Å². The van der Waals surface area contributed by atoms with Crippen molar-refractivity contribution in [3.63, 3.8) is 0 Å². The highest BCUT2D eigenvalue weighted by Gasteiger charge is 2.21. The fourth-order valence-corrected chi connectivity index (χ4v) is 2.12. The number of nitrogens with zero attached hydrogens (tertiary/aromatic N) is 1. The number of carbonyl (C=O) groups is 2. The van der Waals surface area contributed by atoms with Crippen molar-refractivity contribution < 1.29 is 14.3 Å². The smallest absolute Gasteiger partial charge is 0.310 e. The van der Waals surface area contributed by atoms with Crippen LogP contribution in [-0.4, -0.2) is 44.0 Å². The molecule has 0 aromatic carbocycles. The number of ether oxygens (including phenoxy) is 1. The van der Waals surface area contributed by atoms with E-state index >= 15 is 0 Å². The van der Waals surface area contributed by atoms with Crippen LogP contribution in [0.5, 0.6) is 0 Å². The first-order valence-electron chi connectivity index (χ1n) is 6.83.